The topological polar surface area (TPSA) is 52.8 Å². The van der Waals surface area contributed by atoms with Gasteiger partial charge in [-0.2, -0.15) is 0 Å². The molecule has 1 atom stereocenters. The Kier molecular flexibility index (Phi) is 3.54. The number of nitrogens with zero attached hydrogens (tertiary/aromatic N) is 4. The largest absolute Gasteiger partial charge is 0.379 e. The van der Waals surface area contributed by atoms with Crippen molar-refractivity contribution < 1.29 is 4.74 Å². The van der Waals surface area contributed by atoms with Crippen LogP contribution in [-0.2, 0) is 4.74 Å². The van der Waals surface area contributed by atoms with Crippen LogP contribution in [0.4, 0.5) is 0 Å². The average molecular weight is 329 g/mol. The molecule has 0 amide bonds. The van der Waals surface area contributed by atoms with Crippen LogP contribution in [0.2, 0.25) is 5.15 Å². The van der Waals surface area contributed by atoms with Gasteiger partial charge < -0.3 is 9.30 Å². The number of hydrogen-bond donors (Lipinski definition) is 0. The number of aromatic nitrogens is 4. The van der Waals surface area contributed by atoms with Crippen molar-refractivity contribution in [3.8, 4) is 11.4 Å². The maximum absolute atomic E-state index is 6.32. The molecule has 0 bridgehead atoms. The Morgan fingerprint density at radius 1 is 1.17 bits per heavy atom. The summed E-state index contributed by atoms with van der Waals surface area (Å²) >= 11 is 6.32. The molecule has 0 spiro atoms. The van der Waals surface area contributed by atoms with Gasteiger partial charge in [0.1, 0.15) is 17.2 Å². The van der Waals surface area contributed by atoms with E-state index in [1.165, 1.54) is 5.56 Å². The molecule has 118 valence electrons. The van der Waals surface area contributed by atoms with E-state index in [2.05, 4.69) is 33.6 Å². The van der Waals surface area contributed by atoms with Gasteiger partial charge in [-0.25, -0.2) is 15.0 Å². The van der Waals surface area contributed by atoms with E-state index in [0.717, 1.165) is 30.1 Å². The number of aryl methyl sites for hydroxylation is 2. The highest BCUT2D eigenvalue weighted by Crippen LogP contribution is 2.34. The maximum atomic E-state index is 6.32. The van der Waals surface area contributed by atoms with Gasteiger partial charge in [0.2, 0.25) is 0 Å². The molecule has 0 radical (unpaired) electrons. The van der Waals surface area contributed by atoms with Crippen LogP contribution >= 0.6 is 11.6 Å². The van der Waals surface area contributed by atoms with Crippen LogP contribution in [-0.4, -0.2) is 32.7 Å². The Bertz CT molecular complexity index is 884. The SMILES string of the molecule is Cc1nc(Cl)c2nc(-c3ccccc3C)n(C3CCOC3)c2n1. The lowest BCUT2D eigenvalue weighted by Gasteiger charge is -2.15. The monoisotopic (exact) mass is 328 g/mol. The van der Waals surface area contributed by atoms with E-state index in [9.17, 15) is 0 Å². The third kappa shape index (κ3) is 2.40. The van der Waals surface area contributed by atoms with E-state index in [0.29, 0.717) is 23.1 Å². The normalized spacial score (nSPS) is 18.0. The summed E-state index contributed by atoms with van der Waals surface area (Å²) in [6.07, 6.45) is 0.949. The van der Waals surface area contributed by atoms with Gasteiger partial charge in [-0.05, 0) is 25.8 Å². The number of hydrogen-bond acceptors (Lipinski definition) is 4. The van der Waals surface area contributed by atoms with Gasteiger partial charge in [0.25, 0.3) is 0 Å². The molecule has 5 nitrogen and oxygen atoms in total. The summed E-state index contributed by atoms with van der Waals surface area (Å²) in [5.74, 6) is 1.54. The summed E-state index contributed by atoms with van der Waals surface area (Å²) in [7, 11) is 0. The standard InChI is InChI=1S/C17H17ClN4O/c1-10-5-3-4-6-13(10)16-21-14-15(18)19-11(2)20-17(14)22(16)12-7-8-23-9-12/h3-6,12H,7-9H2,1-2H3. The minimum absolute atomic E-state index is 0.222. The summed E-state index contributed by atoms with van der Waals surface area (Å²) < 4.78 is 7.76. The van der Waals surface area contributed by atoms with Crippen molar-refractivity contribution in [2.45, 2.75) is 26.3 Å². The quantitative estimate of drug-likeness (QED) is 0.673. The first-order chi connectivity index (χ1) is 11.1. The van der Waals surface area contributed by atoms with E-state index >= 15 is 0 Å². The second-order valence-electron chi connectivity index (χ2n) is 5.87. The summed E-state index contributed by atoms with van der Waals surface area (Å²) in [6, 6.07) is 8.44. The van der Waals surface area contributed by atoms with Gasteiger partial charge in [-0.15, -0.1) is 0 Å². The molecule has 1 aliphatic heterocycles. The molecule has 0 aliphatic carbocycles. The van der Waals surface area contributed by atoms with Gasteiger partial charge >= 0.3 is 0 Å². The highest BCUT2D eigenvalue weighted by molar-refractivity contribution is 6.33. The van der Waals surface area contributed by atoms with Crippen molar-refractivity contribution >= 4 is 22.8 Å². The van der Waals surface area contributed by atoms with Crippen LogP contribution in [0.15, 0.2) is 24.3 Å². The molecule has 2 aromatic heterocycles. The molecule has 1 aliphatic rings. The smallest absolute Gasteiger partial charge is 0.165 e. The minimum atomic E-state index is 0.222. The van der Waals surface area contributed by atoms with Crippen LogP contribution in [0, 0.1) is 13.8 Å². The van der Waals surface area contributed by atoms with Crippen molar-refractivity contribution in [2.75, 3.05) is 13.2 Å². The number of imidazole rings is 1. The Morgan fingerprint density at radius 3 is 2.74 bits per heavy atom. The van der Waals surface area contributed by atoms with E-state index in [1.807, 2.05) is 19.1 Å². The van der Waals surface area contributed by atoms with Crippen LogP contribution < -0.4 is 0 Å². The van der Waals surface area contributed by atoms with Crippen molar-refractivity contribution in [2.24, 2.45) is 0 Å². The maximum Gasteiger partial charge on any atom is 0.165 e. The zero-order valence-electron chi connectivity index (χ0n) is 13.1. The second-order valence-corrected chi connectivity index (χ2v) is 6.23. The lowest BCUT2D eigenvalue weighted by Crippen LogP contribution is -2.11. The van der Waals surface area contributed by atoms with Crippen molar-refractivity contribution in [3.63, 3.8) is 0 Å². The molecule has 6 heteroatoms. The number of benzene rings is 1. The van der Waals surface area contributed by atoms with E-state index < -0.39 is 0 Å². The van der Waals surface area contributed by atoms with E-state index in [-0.39, 0.29) is 6.04 Å². The van der Waals surface area contributed by atoms with E-state index in [1.54, 1.807) is 0 Å². The Labute approximate surface area is 139 Å². The molecule has 3 heterocycles. The Balaban J connectivity index is 2.05. The molecule has 1 fully saturated rings. The average Bonchev–Trinajstić information content (AvgIpc) is 3.14. The first-order valence-electron chi connectivity index (χ1n) is 7.71. The number of rotatable bonds is 2. The second kappa shape index (κ2) is 5.58. The van der Waals surface area contributed by atoms with Gasteiger partial charge in [0, 0.05) is 12.2 Å². The number of halogens is 1. The fraction of sp³-hybridized carbons (Fsp3) is 0.353. The van der Waals surface area contributed by atoms with Crippen molar-refractivity contribution in [1.82, 2.24) is 19.5 Å². The molecule has 23 heavy (non-hydrogen) atoms. The number of ether oxygens (including phenoxy) is 1. The lowest BCUT2D eigenvalue weighted by atomic mass is 10.1. The molecular formula is C17H17ClN4O. The molecule has 3 aromatic rings. The Hall–Kier alpha value is -1.98. The van der Waals surface area contributed by atoms with Crippen molar-refractivity contribution in [3.05, 3.63) is 40.8 Å². The van der Waals surface area contributed by atoms with Crippen molar-refractivity contribution in [1.29, 1.82) is 0 Å². The number of fused-ring (bicyclic) bond motifs is 1. The molecule has 1 unspecified atom stereocenters. The summed E-state index contributed by atoms with van der Waals surface area (Å²) in [6.45, 7) is 5.37. The van der Waals surface area contributed by atoms with Crippen LogP contribution in [0.25, 0.3) is 22.6 Å². The third-order valence-electron chi connectivity index (χ3n) is 4.27. The first kappa shape index (κ1) is 14.6. The zero-order chi connectivity index (χ0) is 16.0. The van der Waals surface area contributed by atoms with Crippen LogP contribution in [0.5, 0.6) is 0 Å². The lowest BCUT2D eigenvalue weighted by molar-refractivity contribution is 0.187. The predicted molar refractivity (Wildman–Crippen MR) is 89.7 cm³/mol. The molecule has 1 aromatic carbocycles. The summed E-state index contributed by atoms with van der Waals surface area (Å²) in [4.78, 5) is 13.6. The highest BCUT2D eigenvalue weighted by Gasteiger charge is 2.26. The van der Waals surface area contributed by atoms with Crippen LogP contribution in [0.3, 0.4) is 0 Å². The van der Waals surface area contributed by atoms with Gasteiger partial charge in [-0.3, -0.25) is 0 Å². The molecule has 4 rings (SSSR count). The molecule has 0 N–H and O–H groups in total. The first-order valence-corrected chi connectivity index (χ1v) is 8.09. The highest BCUT2D eigenvalue weighted by atomic mass is 35.5. The van der Waals surface area contributed by atoms with Gasteiger partial charge in [0.05, 0.1) is 12.6 Å². The van der Waals surface area contributed by atoms with Gasteiger partial charge in [0.15, 0.2) is 10.8 Å². The molecular weight excluding hydrogens is 312 g/mol. The zero-order valence-corrected chi connectivity index (χ0v) is 13.8. The third-order valence-corrected chi connectivity index (χ3v) is 4.53. The fourth-order valence-corrected chi connectivity index (χ4v) is 3.38. The molecule has 0 saturated carbocycles. The molecule has 1 saturated heterocycles. The summed E-state index contributed by atoms with van der Waals surface area (Å²) in [5, 5.41) is 0.403. The minimum Gasteiger partial charge on any atom is -0.379 e. The van der Waals surface area contributed by atoms with E-state index in [4.69, 9.17) is 21.3 Å². The Morgan fingerprint density at radius 2 is 2.00 bits per heavy atom. The predicted octanol–water partition coefficient (Wildman–Crippen LogP) is 3.72. The summed E-state index contributed by atoms with van der Waals surface area (Å²) in [5.41, 5.74) is 3.70. The fourth-order valence-electron chi connectivity index (χ4n) is 3.13. The van der Waals surface area contributed by atoms with Crippen LogP contribution in [0.1, 0.15) is 23.9 Å². The van der Waals surface area contributed by atoms with Gasteiger partial charge in [-0.1, -0.05) is 35.9 Å².